The molecule has 234 valence electrons. The van der Waals surface area contributed by atoms with Crippen LogP contribution >= 0.6 is 0 Å². The summed E-state index contributed by atoms with van der Waals surface area (Å²) in [5, 5.41) is 3.99. The van der Waals surface area contributed by atoms with E-state index in [4.69, 9.17) is 23.8 Å². The Kier molecular flexibility index (Phi) is 6.42. The van der Waals surface area contributed by atoms with Gasteiger partial charge < -0.3 is 8.83 Å². The highest BCUT2D eigenvalue weighted by atomic mass is 16.3. The third-order valence-electron chi connectivity index (χ3n) is 9.37. The van der Waals surface area contributed by atoms with Crippen LogP contribution in [0.1, 0.15) is 0 Å². The van der Waals surface area contributed by atoms with Gasteiger partial charge in [0.25, 0.3) is 0 Å². The van der Waals surface area contributed by atoms with E-state index in [0.29, 0.717) is 17.5 Å². The van der Waals surface area contributed by atoms with E-state index in [-0.39, 0.29) is 0 Å². The zero-order chi connectivity index (χ0) is 33.0. The zero-order valence-corrected chi connectivity index (χ0v) is 26.7. The van der Waals surface area contributed by atoms with Crippen molar-refractivity contribution < 1.29 is 8.83 Å². The number of nitrogens with zero attached hydrogens (tertiary/aromatic N) is 3. The fraction of sp³-hybridized carbons (Fsp3) is 0. The molecule has 0 fully saturated rings. The SMILES string of the molecule is c1ccc(-c2ccc(-c3cccc(-c4nc(-c5cccc6oc7ccccc7c56)nc(-c5cccc6oc7ccccc7c56)n4)c3)cc2)cc1. The van der Waals surface area contributed by atoms with E-state index >= 15 is 0 Å². The lowest BCUT2D eigenvalue weighted by atomic mass is 9.99. The van der Waals surface area contributed by atoms with E-state index < -0.39 is 0 Å². The van der Waals surface area contributed by atoms with Crippen LogP contribution in [0.15, 0.2) is 173 Å². The van der Waals surface area contributed by atoms with Crippen molar-refractivity contribution in [3.8, 4) is 56.4 Å². The van der Waals surface area contributed by atoms with Crippen molar-refractivity contribution >= 4 is 43.9 Å². The Morgan fingerprint density at radius 1 is 0.300 bits per heavy atom. The standard InChI is InChI=1S/C45H27N3O2/c1-2-11-28(12-3-1)29-23-25-30(26-24-29)31-13-8-14-32(27-31)43-46-44(35-17-9-21-39-41(35)33-15-4-6-19-37(33)49-39)48-45(47-43)36-18-10-22-40-42(36)34-16-5-7-20-38(34)50-40/h1-27H. The second-order valence-electron chi connectivity index (χ2n) is 12.4. The molecule has 5 heteroatoms. The maximum absolute atomic E-state index is 6.26. The fourth-order valence-electron chi connectivity index (χ4n) is 6.99. The molecule has 0 radical (unpaired) electrons. The van der Waals surface area contributed by atoms with Gasteiger partial charge in [-0.05, 0) is 52.6 Å². The van der Waals surface area contributed by atoms with Crippen molar-refractivity contribution in [2.45, 2.75) is 0 Å². The third-order valence-corrected chi connectivity index (χ3v) is 9.37. The molecular formula is C45H27N3O2. The average Bonchev–Trinajstić information content (AvgIpc) is 3.77. The lowest BCUT2D eigenvalue weighted by Crippen LogP contribution is -2.01. The van der Waals surface area contributed by atoms with Crippen molar-refractivity contribution in [3.05, 3.63) is 164 Å². The molecule has 5 nitrogen and oxygen atoms in total. The van der Waals surface area contributed by atoms with Gasteiger partial charge in [-0.25, -0.2) is 15.0 Å². The quantitative estimate of drug-likeness (QED) is 0.187. The number of aromatic nitrogens is 3. The Balaban J connectivity index is 1.18. The summed E-state index contributed by atoms with van der Waals surface area (Å²) < 4.78 is 12.5. The molecule has 3 heterocycles. The Morgan fingerprint density at radius 3 is 1.32 bits per heavy atom. The minimum atomic E-state index is 0.574. The maximum atomic E-state index is 6.26. The minimum Gasteiger partial charge on any atom is -0.456 e. The van der Waals surface area contributed by atoms with Gasteiger partial charge in [-0.3, -0.25) is 0 Å². The van der Waals surface area contributed by atoms with Crippen molar-refractivity contribution in [3.63, 3.8) is 0 Å². The van der Waals surface area contributed by atoms with E-state index in [1.165, 1.54) is 11.1 Å². The first-order valence-electron chi connectivity index (χ1n) is 16.6. The summed E-state index contributed by atoms with van der Waals surface area (Å²) >= 11 is 0. The molecule has 50 heavy (non-hydrogen) atoms. The van der Waals surface area contributed by atoms with Gasteiger partial charge in [0.15, 0.2) is 17.5 Å². The molecule has 3 aromatic heterocycles. The normalized spacial score (nSPS) is 11.6. The van der Waals surface area contributed by atoms with E-state index in [0.717, 1.165) is 71.7 Å². The zero-order valence-electron chi connectivity index (χ0n) is 26.7. The van der Waals surface area contributed by atoms with Gasteiger partial charge in [0.2, 0.25) is 0 Å². The summed E-state index contributed by atoms with van der Waals surface area (Å²) in [7, 11) is 0. The van der Waals surface area contributed by atoms with Crippen LogP contribution in [-0.4, -0.2) is 15.0 Å². The molecule has 0 aliphatic rings. The Hall–Kier alpha value is -6.85. The van der Waals surface area contributed by atoms with Gasteiger partial charge in [-0.2, -0.15) is 0 Å². The topological polar surface area (TPSA) is 65.0 Å². The number of fused-ring (bicyclic) bond motifs is 6. The predicted molar refractivity (Wildman–Crippen MR) is 202 cm³/mol. The Morgan fingerprint density at radius 2 is 0.720 bits per heavy atom. The van der Waals surface area contributed by atoms with Crippen LogP contribution in [0.4, 0.5) is 0 Å². The molecule has 0 aliphatic heterocycles. The second-order valence-corrected chi connectivity index (χ2v) is 12.4. The third kappa shape index (κ3) is 4.67. The van der Waals surface area contributed by atoms with Crippen molar-refractivity contribution in [2.24, 2.45) is 0 Å². The fourth-order valence-corrected chi connectivity index (χ4v) is 6.99. The summed E-state index contributed by atoms with van der Waals surface area (Å²) in [4.78, 5) is 15.5. The Bertz CT molecular complexity index is 2740. The molecule has 0 saturated heterocycles. The molecule has 0 bridgehead atoms. The molecule has 10 aromatic rings. The maximum Gasteiger partial charge on any atom is 0.164 e. The first-order chi connectivity index (χ1) is 24.8. The lowest BCUT2D eigenvalue weighted by molar-refractivity contribution is 0.668. The first-order valence-corrected chi connectivity index (χ1v) is 16.6. The van der Waals surface area contributed by atoms with Gasteiger partial charge in [-0.1, -0.05) is 133 Å². The first kappa shape index (κ1) is 28.2. The molecule has 0 amide bonds. The monoisotopic (exact) mass is 641 g/mol. The van der Waals surface area contributed by atoms with Gasteiger partial charge in [0, 0.05) is 38.2 Å². The van der Waals surface area contributed by atoms with Crippen LogP contribution in [-0.2, 0) is 0 Å². The highest BCUT2D eigenvalue weighted by Gasteiger charge is 2.20. The van der Waals surface area contributed by atoms with E-state index in [1.54, 1.807) is 0 Å². The summed E-state index contributed by atoms with van der Waals surface area (Å²) in [6, 6.07) is 55.8. The van der Waals surface area contributed by atoms with Crippen LogP contribution < -0.4 is 0 Å². The molecule has 0 saturated carbocycles. The van der Waals surface area contributed by atoms with Crippen LogP contribution in [0.5, 0.6) is 0 Å². The number of rotatable bonds is 5. The number of benzene rings is 7. The summed E-state index contributed by atoms with van der Waals surface area (Å²) in [5.74, 6) is 1.73. The van der Waals surface area contributed by atoms with Gasteiger partial charge >= 0.3 is 0 Å². The largest absolute Gasteiger partial charge is 0.456 e. The summed E-state index contributed by atoms with van der Waals surface area (Å²) in [6.45, 7) is 0. The average molecular weight is 642 g/mol. The van der Waals surface area contributed by atoms with Gasteiger partial charge in [0.1, 0.15) is 22.3 Å². The van der Waals surface area contributed by atoms with Gasteiger partial charge in [0.05, 0.1) is 0 Å². The van der Waals surface area contributed by atoms with E-state index in [1.807, 2.05) is 66.7 Å². The van der Waals surface area contributed by atoms with Crippen LogP contribution in [0.3, 0.4) is 0 Å². The van der Waals surface area contributed by atoms with Crippen molar-refractivity contribution in [1.29, 1.82) is 0 Å². The Labute approximate surface area is 287 Å². The summed E-state index contributed by atoms with van der Waals surface area (Å²) in [5.41, 5.74) is 10.5. The highest BCUT2D eigenvalue weighted by molar-refractivity contribution is 6.13. The molecule has 10 rings (SSSR count). The highest BCUT2D eigenvalue weighted by Crippen LogP contribution is 2.39. The van der Waals surface area contributed by atoms with Crippen molar-refractivity contribution in [1.82, 2.24) is 15.0 Å². The molecule has 0 atom stereocenters. The van der Waals surface area contributed by atoms with Crippen LogP contribution in [0.25, 0.3) is 100 Å². The molecule has 0 aliphatic carbocycles. The number of para-hydroxylation sites is 2. The van der Waals surface area contributed by atoms with Crippen LogP contribution in [0, 0.1) is 0 Å². The second kappa shape index (κ2) is 11.4. The molecular weight excluding hydrogens is 615 g/mol. The molecule has 7 aromatic carbocycles. The number of hydrogen-bond acceptors (Lipinski definition) is 5. The molecule has 0 N–H and O–H groups in total. The molecule has 0 unspecified atom stereocenters. The smallest absolute Gasteiger partial charge is 0.164 e. The lowest BCUT2D eigenvalue weighted by Gasteiger charge is -2.11. The summed E-state index contributed by atoms with van der Waals surface area (Å²) in [6.07, 6.45) is 0. The van der Waals surface area contributed by atoms with Crippen LogP contribution in [0.2, 0.25) is 0 Å². The van der Waals surface area contributed by atoms with E-state index in [2.05, 4.69) is 97.1 Å². The predicted octanol–water partition coefficient (Wildman–Crippen LogP) is 12.0. The van der Waals surface area contributed by atoms with E-state index in [9.17, 15) is 0 Å². The number of hydrogen-bond donors (Lipinski definition) is 0. The minimum absolute atomic E-state index is 0.574. The van der Waals surface area contributed by atoms with Crippen molar-refractivity contribution in [2.75, 3.05) is 0 Å². The molecule has 0 spiro atoms. The number of furan rings is 2. The van der Waals surface area contributed by atoms with Gasteiger partial charge in [-0.15, -0.1) is 0 Å².